The number of sulfonamides is 1. The summed E-state index contributed by atoms with van der Waals surface area (Å²) in [4.78, 5) is 12.5. The summed E-state index contributed by atoms with van der Waals surface area (Å²) in [5.41, 5.74) is 1.08. The fourth-order valence-electron chi connectivity index (χ4n) is 2.87. The zero-order valence-corrected chi connectivity index (χ0v) is 17.1. The van der Waals surface area contributed by atoms with Gasteiger partial charge in [0.1, 0.15) is 19.8 Å². The molecule has 1 N–H and O–H groups in total. The van der Waals surface area contributed by atoms with E-state index >= 15 is 0 Å². The van der Waals surface area contributed by atoms with Crippen molar-refractivity contribution in [3.63, 3.8) is 0 Å². The molecule has 0 saturated carbocycles. The van der Waals surface area contributed by atoms with Crippen molar-refractivity contribution in [2.24, 2.45) is 0 Å². The first-order chi connectivity index (χ1) is 13.3. The molecule has 9 heteroatoms. The Hall–Kier alpha value is -2.45. The molecule has 0 unspecified atom stereocenters. The number of anilines is 1. The van der Waals surface area contributed by atoms with Crippen LogP contribution in [0.25, 0.3) is 0 Å². The number of nitrogens with zero attached hydrogens (tertiary/aromatic N) is 1. The van der Waals surface area contributed by atoms with Crippen molar-refractivity contribution in [1.29, 1.82) is 0 Å². The Morgan fingerprint density at radius 3 is 2.54 bits per heavy atom. The van der Waals surface area contributed by atoms with Crippen LogP contribution in [0.5, 0.6) is 11.5 Å². The Morgan fingerprint density at radius 1 is 1.18 bits per heavy atom. The molecule has 1 aliphatic heterocycles. The van der Waals surface area contributed by atoms with Gasteiger partial charge in [0.15, 0.2) is 11.5 Å². The molecule has 2 aromatic carbocycles. The lowest BCUT2D eigenvalue weighted by Gasteiger charge is -2.24. The maximum atomic E-state index is 12.5. The number of nitrogens with one attached hydrogen (secondary N) is 1. The summed E-state index contributed by atoms with van der Waals surface area (Å²) in [5, 5.41) is 3.06. The van der Waals surface area contributed by atoms with Crippen molar-refractivity contribution >= 4 is 33.2 Å². The second-order valence-corrected chi connectivity index (χ2v) is 8.73. The van der Waals surface area contributed by atoms with Gasteiger partial charge in [0.05, 0.1) is 23.0 Å². The first-order valence-electron chi connectivity index (χ1n) is 8.67. The normalized spacial score (nSPS) is 14.2. The van der Waals surface area contributed by atoms with Crippen LogP contribution in [0.15, 0.2) is 42.5 Å². The van der Waals surface area contributed by atoms with Gasteiger partial charge in [0, 0.05) is 0 Å². The summed E-state index contributed by atoms with van der Waals surface area (Å²) in [7, 11) is -3.70. The van der Waals surface area contributed by atoms with Crippen molar-refractivity contribution in [1.82, 2.24) is 5.32 Å². The Kier molecular flexibility index (Phi) is 6.00. The highest BCUT2D eigenvalue weighted by molar-refractivity contribution is 7.92. The predicted molar refractivity (Wildman–Crippen MR) is 108 cm³/mol. The van der Waals surface area contributed by atoms with Crippen molar-refractivity contribution < 1.29 is 22.7 Å². The van der Waals surface area contributed by atoms with E-state index in [0.717, 1.165) is 16.1 Å². The lowest BCUT2D eigenvalue weighted by molar-refractivity contribution is -0.120. The minimum absolute atomic E-state index is 0.251. The van der Waals surface area contributed by atoms with Gasteiger partial charge in [-0.25, -0.2) is 8.42 Å². The fraction of sp³-hybridized carbons (Fsp3) is 0.316. The monoisotopic (exact) mass is 424 g/mol. The summed E-state index contributed by atoms with van der Waals surface area (Å²) in [6, 6.07) is 11.6. The highest BCUT2D eigenvalue weighted by Crippen LogP contribution is 2.32. The second-order valence-electron chi connectivity index (χ2n) is 6.41. The van der Waals surface area contributed by atoms with E-state index in [2.05, 4.69) is 5.32 Å². The Morgan fingerprint density at radius 2 is 1.86 bits per heavy atom. The number of amides is 1. The standard InChI is InChI=1S/C19H21ClN2O5S/c1-13(14-7-8-17-18(11-14)27-10-9-26-17)21-19(23)12-22(28(2,24)25)16-6-4-3-5-15(16)20/h3-8,11,13H,9-10,12H2,1-2H3,(H,21,23)/t13-/m1/s1. The third kappa shape index (κ3) is 4.69. The number of ether oxygens (including phenoxy) is 2. The number of hydrogen-bond donors (Lipinski definition) is 1. The van der Waals surface area contributed by atoms with Gasteiger partial charge in [-0.3, -0.25) is 9.10 Å². The highest BCUT2D eigenvalue weighted by atomic mass is 35.5. The molecular formula is C19H21ClN2O5S. The van der Waals surface area contributed by atoms with E-state index in [0.29, 0.717) is 24.7 Å². The average Bonchev–Trinajstić information content (AvgIpc) is 2.65. The van der Waals surface area contributed by atoms with Gasteiger partial charge in [0.2, 0.25) is 15.9 Å². The Bertz CT molecular complexity index is 980. The zero-order valence-electron chi connectivity index (χ0n) is 15.5. The minimum atomic E-state index is -3.70. The van der Waals surface area contributed by atoms with E-state index in [1.807, 2.05) is 19.1 Å². The molecule has 0 aliphatic carbocycles. The van der Waals surface area contributed by atoms with Crippen LogP contribution in [-0.4, -0.2) is 40.3 Å². The van der Waals surface area contributed by atoms with Crippen molar-refractivity contribution in [3.05, 3.63) is 53.1 Å². The first-order valence-corrected chi connectivity index (χ1v) is 10.9. The molecule has 0 radical (unpaired) electrons. The smallest absolute Gasteiger partial charge is 0.241 e. The number of para-hydroxylation sites is 1. The van der Waals surface area contributed by atoms with E-state index in [1.165, 1.54) is 0 Å². The molecular weight excluding hydrogens is 404 g/mol. The van der Waals surface area contributed by atoms with Gasteiger partial charge < -0.3 is 14.8 Å². The molecule has 1 amide bonds. The van der Waals surface area contributed by atoms with E-state index < -0.39 is 15.9 Å². The van der Waals surface area contributed by atoms with Crippen LogP contribution in [0, 0.1) is 0 Å². The summed E-state index contributed by atoms with van der Waals surface area (Å²) in [5.74, 6) is 0.835. The third-order valence-corrected chi connectivity index (χ3v) is 5.70. The van der Waals surface area contributed by atoms with E-state index in [9.17, 15) is 13.2 Å². The van der Waals surface area contributed by atoms with Gasteiger partial charge in [-0.05, 0) is 36.8 Å². The van der Waals surface area contributed by atoms with Gasteiger partial charge in [-0.2, -0.15) is 0 Å². The SMILES string of the molecule is C[C@@H](NC(=O)CN(c1ccccc1Cl)S(C)(=O)=O)c1ccc2c(c1)OCCO2. The van der Waals surface area contributed by atoms with Gasteiger partial charge >= 0.3 is 0 Å². The molecule has 150 valence electrons. The number of carbonyl (C=O) groups excluding carboxylic acids is 1. The maximum Gasteiger partial charge on any atom is 0.241 e. The lowest BCUT2D eigenvalue weighted by Crippen LogP contribution is -2.41. The van der Waals surface area contributed by atoms with Crippen molar-refractivity contribution in [2.45, 2.75) is 13.0 Å². The molecule has 1 atom stereocenters. The summed E-state index contributed by atoms with van der Waals surface area (Å²) >= 11 is 6.11. The van der Waals surface area contributed by atoms with Crippen molar-refractivity contribution in [2.75, 3.05) is 30.3 Å². The molecule has 0 spiro atoms. The number of hydrogen-bond acceptors (Lipinski definition) is 5. The molecule has 0 aromatic heterocycles. The first kappa shape index (κ1) is 20.3. The molecule has 1 heterocycles. The van der Waals surface area contributed by atoms with Crippen LogP contribution in [0.4, 0.5) is 5.69 Å². The lowest BCUT2D eigenvalue weighted by atomic mass is 10.1. The molecule has 28 heavy (non-hydrogen) atoms. The Labute approximate surface area is 169 Å². The quantitative estimate of drug-likeness (QED) is 0.770. The molecule has 0 fully saturated rings. The van der Waals surface area contributed by atoms with Gasteiger partial charge in [0.25, 0.3) is 0 Å². The summed E-state index contributed by atoms with van der Waals surface area (Å²) in [6.45, 7) is 2.40. The van der Waals surface area contributed by atoms with E-state index in [1.54, 1.807) is 30.3 Å². The molecule has 1 aliphatic rings. The van der Waals surface area contributed by atoms with Crippen LogP contribution >= 0.6 is 11.6 Å². The molecule has 0 bridgehead atoms. The van der Waals surface area contributed by atoms with E-state index in [-0.39, 0.29) is 23.3 Å². The average molecular weight is 425 g/mol. The number of rotatable bonds is 6. The van der Waals surface area contributed by atoms with Crippen LogP contribution < -0.4 is 19.1 Å². The van der Waals surface area contributed by atoms with Gasteiger partial charge in [-0.1, -0.05) is 29.8 Å². The number of carbonyl (C=O) groups is 1. The van der Waals surface area contributed by atoms with Crippen LogP contribution in [0.2, 0.25) is 5.02 Å². The van der Waals surface area contributed by atoms with Crippen LogP contribution in [0.3, 0.4) is 0 Å². The Balaban J connectivity index is 1.73. The fourth-order valence-corrected chi connectivity index (χ4v) is 4.02. The van der Waals surface area contributed by atoms with Gasteiger partial charge in [-0.15, -0.1) is 0 Å². The topological polar surface area (TPSA) is 84.9 Å². The highest BCUT2D eigenvalue weighted by Gasteiger charge is 2.24. The second kappa shape index (κ2) is 8.28. The number of halogens is 1. The maximum absolute atomic E-state index is 12.5. The third-order valence-electron chi connectivity index (χ3n) is 4.25. The number of fused-ring (bicyclic) bond motifs is 1. The largest absolute Gasteiger partial charge is 0.486 e. The molecule has 0 saturated heterocycles. The van der Waals surface area contributed by atoms with Crippen LogP contribution in [-0.2, 0) is 14.8 Å². The summed E-state index contributed by atoms with van der Waals surface area (Å²) < 4.78 is 36.4. The number of benzene rings is 2. The molecule has 3 rings (SSSR count). The zero-order chi connectivity index (χ0) is 20.3. The predicted octanol–water partition coefficient (Wildman–Crippen LogP) is 2.75. The van der Waals surface area contributed by atoms with Crippen molar-refractivity contribution in [3.8, 4) is 11.5 Å². The molecule has 7 nitrogen and oxygen atoms in total. The van der Waals surface area contributed by atoms with E-state index in [4.69, 9.17) is 21.1 Å². The minimum Gasteiger partial charge on any atom is -0.486 e. The summed E-state index contributed by atoms with van der Waals surface area (Å²) in [6.07, 6.45) is 1.04. The molecule has 2 aromatic rings. The van der Waals surface area contributed by atoms with Crippen LogP contribution in [0.1, 0.15) is 18.5 Å².